The molecule has 0 aliphatic carbocycles. The molecule has 2 aromatic carbocycles. The van der Waals surface area contributed by atoms with Crippen molar-refractivity contribution in [1.82, 2.24) is 5.32 Å². The first-order valence-electron chi connectivity index (χ1n) is 7.75. The van der Waals surface area contributed by atoms with E-state index in [0.717, 1.165) is 12.1 Å². The summed E-state index contributed by atoms with van der Waals surface area (Å²) in [6.07, 6.45) is -0.197. The van der Waals surface area contributed by atoms with Crippen molar-refractivity contribution >= 4 is 29.4 Å². The fourth-order valence-corrected chi connectivity index (χ4v) is 2.15. The molecule has 0 aromatic heterocycles. The van der Waals surface area contributed by atoms with Gasteiger partial charge >= 0.3 is 11.9 Å². The van der Waals surface area contributed by atoms with E-state index >= 15 is 0 Å². The number of anilines is 1. The van der Waals surface area contributed by atoms with E-state index in [1.807, 2.05) is 0 Å². The summed E-state index contributed by atoms with van der Waals surface area (Å²) in [5, 5.41) is 31.9. The van der Waals surface area contributed by atoms with E-state index in [1.165, 1.54) is 30.3 Å². The molecule has 2 rings (SSSR count). The monoisotopic (exact) mass is 372 g/mol. The van der Waals surface area contributed by atoms with Crippen LogP contribution in [-0.4, -0.2) is 45.6 Å². The van der Waals surface area contributed by atoms with Crippen LogP contribution in [0.15, 0.2) is 42.5 Å². The van der Waals surface area contributed by atoms with Gasteiger partial charge in [-0.3, -0.25) is 14.4 Å². The summed E-state index contributed by atoms with van der Waals surface area (Å²) in [6, 6.07) is 9.25. The van der Waals surface area contributed by atoms with Crippen LogP contribution < -0.4 is 10.6 Å². The first kappa shape index (κ1) is 19.4. The fraction of sp³-hybridized carbons (Fsp3) is 0.111. The van der Waals surface area contributed by atoms with E-state index in [0.29, 0.717) is 0 Å². The third kappa shape index (κ3) is 5.30. The van der Waals surface area contributed by atoms with Crippen molar-refractivity contribution in [3.63, 3.8) is 0 Å². The standard InChI is InChI=1S/C18H16N2O7/c21-14-6-5-12(9-13(14)18(26)27)20-17(25)11-3-1-10(2-4-11)16(24)19-8-7-15(22)23/h1-6,9,21H,7-8H2,(H,19,24)(H,20,25)(H,22,23)(H,26,27). The smallest absolute Gasteiger partial charge is 0.339 e. The number of aliphatic carboxylic acids is 1. The normalized spacial score (nSPS) is 10.1. The van der Waals surface area contributed by atoms with E-state index in [4.69, 9.17) is 10.2 Å². The molecule has 0 aliphatic rings. The third-order valence-electron chi connectivity index (χ3n) is 3.52. The molecule has 0 fully saturated rings. The highest BCUT2D eigenvalue weighted by Crippen LogP contribution is 2.22. The Labute approximate surface area is 153 Å². The number of aromatic carboxylic acids is 1. The Morgan fingerprint density at radius 3 is 2.00 bits per heavy atom. The highest BCUT2D eigenvalue weighted by atomic mass is 16.4. The van der Waals surface area contributed by atoms with Crippen molar-refractivity contribution in [2.45, 2.75) is 6.42 Å². The molecule has 0 bridgehead atoms. The lowest BCUT2D eigenvalue weighted by molar-refractivity contribution is -0.136. The molecule has 0 saturated heterocycles. The molecule has 0 saturated carbocycles. The maximum atomic E-state index is 12.2. The summed E-state index contributed by atoms with van der Waals surface area (Å²) in [7, 11) is 0. The Kier molecular flexibility index (Phi) is 6.10. The van der Waals surface area contributed by atoms with Gasteiger partial charge in [0.1, 0.15) is 11.3 Å². The third-order valence-corrected chi connectivity index (χ3v) is 3.52. The zero-order valence-electron chi connectivity index (χ0n) is 13.9. The Bertz CT molecular complexity index is 891. The molecule has 140 valence electrons. The van der Waals surface area contributed by atoms with Crippen LogP contribution in [0.3, 0.4) is 0 Å². The van der Waals surface area contributed by atoms with Crippen LogP contribution in [0.25, 0.3) is 0 Å². The molecule has 5 N–H and O–H groups in total. The molecule has 0 heterocycles. The van der Waals surface area contributed by atoms with Crippen LogP contribution >= 0.6 is 0 Å². The van der Waals surface area contributed by atoms with Gasteiger partial charge in [0.2, 0.25) is 0 Å². The summed E-state index contributed by atoms with van der Waals surface area (Å²) in [6.45, 7) is -0.0107. The van der Waals surface area contributed by atoms with Crippen molar-refractivity contribution in [2.24, 2.45) is 0 Å². The van der Waals surface area contributed by atoms with Gasteiger partial charge in [0, 0.05) is 23.4 Å². The number of rotatable bonds is 7. The minimum Gasteiger partial charge on any atom is -0.507 e. The Hall–Kier alpha value is -3.88. The van der Waals surface area contributed by atoms with Gasteiger partial charge in [-0.05, 0) is 42.5 Å². The minimum atomic E-state index is -1.33. The molecule has 9 nitrogen and oxygen atoms in total. The number of hydrogen-bond acceptors (Lipinski definition) is 5. The number of amides is 2. The van der Waals surface area contributed by atoms with Crippen molar-refractivity contribution in [3.8, 4) is 5.75 Å². The zero-order chi connectivity index (χ0) is 20.0. The minimum absolute atomic E-state index is 0.0107. The second-order valence-electron chi connectivity index (χ2n) is 5.47. The van der Waals surface area contributed by atoms with Crippen molar-refractivity contribution in [2.75, 3.05) is 11.9 Å². The molecule has 0 aliphatic heterocycles. The van der Waals surface area contributed by atoms with Gasteiger partial charge in [-0.1, -0.05) is 0 Å². The lowest BCUT2D eigenvalue weighted by Gasteiger charge is -2.08. The van der Waals surface area contributed by atoms with Crippen LogP contribution in [0, 0.1) is 0 Å². The Balaban J connectivity index is 2.03. The van der Waals surface area contributed by atoms with Crippen LogP contribution in [-0.2, 0) is 4.79 Å². The SMILES string of the molecule is O=C(O)CCNC(=O)c1ccc(C(=O)Nc2ccc(O)c(C(=O)O)c2)cc1. The van der Waals surface area contributed by atoms with E-state index in [2.05, 4.69) is 10.6 Å². The maximum Gasteiger partial charge on any atom is 0.339 e. The molecule has 0 unspecified atom stereocenters. The van der Waals surface area contributed by atoms with E-state index in [-0.39, 0.29) is 35.3 Å². The number of aromatic hydroxyl groups is 1. The molecule has 0 spiro atoms. The first-order valence-corrected chi connectivity index (χ1v) is 7.75. The first-order chi connectivity index (χ1) is 12.8. The molecule has 27 heavy (non-hydrogen) atoms. The van der Waals surface area contributed by atoms with Gasteiger partial charge in [0.05, 0.1) is 6.42 Å². The number of carbonyl (C=O) groups is 4. The van der Waals surface area contributed by atoms with E-state index in [9.17, 15) is 24.3 Å². The molecule has 2 aromatic rings. The highest BCUT2D eigenvalue weighted by molar-refractivity contribution is 6.05. The van der Waals surface area contributed by atoms with Crippen molar-refractivity contribution in [1.29, 1.82) is 0 Å². The number of nitrogens with one attached hydrogen (secondary N) is 2. The molecule has 0 atom stereocenters. The topological polar surface area (TPSA) is 153 Å². The molecule has 0 radical (unpaired) electrons. The number of phenols is 1. The van der Waals surface area contributed by atoms with Gasteiger partial charge in [-0.25, -0.2) is 4.79 Å². The summed E-state index contributed by atoms with van der Waals surface area (Å²) in [5.74, 6) is -3.77. The van der Waals surface area contributed by atoms with E-state index in [1.54, 1.807) is 0 Å². The summed E-state index contributed by atoms with van der Waals surface area (Å²) in [4.78, 5) is 45.5. The molecule has 2 amide bonds. The van der Waals surface area contributed by atoms with Crippen molar-refractivity contribution < 1.29 is 34.5 Å². The summed E-state index contributed by atoms with van der Waals surface area (Å²) >= 11 is 0. The number of carbonyl (C=O) groups excluding carboxylic acids is 2. The lowest BCUT2D eigenvalue weighted by atomic mass is 10.1. The highest BCUT2D eigenvalue weighted by Gasteiger charge is 2.13. The van der Waals surface area contributed by atoms with Crippen LogP contribution in [0.2, 0.25) is 0 Å². The summed E-state index contributed by atoms with van der Waals surface area (Å²) in [5.41, 5.74) is 0.323. The predicted octanol–water partition coefficient (Wildman–Crippen LogP) is 1.55. The summed E-state index contributed by atoms with van der Waals surface area (Å²) < 4.78 is 0. The average molecular weight is 372 g/mol. The molecular weight excluding hydrogens is 356 g/mol. The number of hydrogen-bond donors (Lipinski definition) is 5. The Morgan fingerprint density at radius 2 is 1.44 bits per heavy atom. The van der Waals surface area contributed by atoms with Gasteiger partial charge < -0.3 is 26.0 Å². The van der Waals surface area contributed by atoms with Crippen LogP contribution in [0.5, 0.6) is 5.75 Å². The average Bonchev–Trinajstić information content (AvgIpc) is 2.62. The second kappa shape index (κ2) is 8.48. The number of carboxylic acids is 2. The predicted molar refractivity (Wildman–Crippen MR) is 94.0 cm³/mol. The molecular formula is C18H16N2O7. The van der Waals surface area contributed by atoms with Gasteiger partial charge in [0.25, 0.3) is 11.8 Å². The largest absolute Gasteiger partial charge is 0.507 e. The zero-order valence-corrected chi connectivity index (χ0v) is 13.9. The number of carboxylic acid groups (broad SMARTS) is 2. The van der Waals surface area contributed by atoms with Gasteiger partial charge in [0.15, 0.2) is 0 Å². The van der Waals surface area contributed by atoms with Gasteiger partial charge in [-0.15, -0.1) is 0 Å². The molecule has 9 heteroatoms. The van der Waals surface area contributed by atoms with Crippen LogP contribution in [0.1, 0.15) is 37.5 Å². The van der Waals surface area contributed by atoms with Gasteiger partial charge in [-0.2, -0.15) is 0 Å². The Morgan fingerprint density at radius 1 is 0.852 bits per heavy atom. The lowest BCUT2D eigenvalue weighted by Crippen LogP contribution is -2.26. The second-order valence-corrected chi connectivity index (χ2v) is 5.47. The maximum absolute atomic E-state index is 12.2. The van der Waals surface area contributed by atoms with Crippen molar-refractivity contribution in [3.05, 3.63) is 59.2 Å². The number of benzene rings is 2. The van der Waals surface area contributed by atoms with Crippen LogP contribution in [0.4, 0.5) is 5.69 Å². The van der Waals surface area contributed by atoms with E-state index < -0.39 is 29.5 Å². The quantitative estimate of drug-likeness (QED) is 0.462. The fourth-order valence-electron chi connectivity index (χ4n) is 2.15.